The maximum Gasteiger partial charge on any atom is 0.228 e. The van der Waals surface area contributed by atoms with E-state index in [1.165, 1.54) is 0 Å². The van der Waals surface area contributed by atoms with Crippen molar-refractivity contribution in [2.45, 2.75) is 18.8 Å². The number of carbonyl (C=O) groups is 1. The Balaban J connectivity index is 1.43. The van der Waals surface area contributed by atoms with Crippen molar-refractivity contribution in [3.8, 4) is 17.1 Å². The van der Waals surface area contributed by atoms with Crippen LogP contribution in [0.15, 0.2) is 36.8 Å². The van der Waals surface area contributed by atoms with Gasteiger partial charge in [0, 0.05) is 48.1 Å². The summed E-state index contributed by atoms with van der Waals surface area (Å²) in [6, 6.07) is 5.30. The van der Waals surface area contributed by atoms with Crippen LogP contribution in [0.4, 0.5) is 5.95 Å². The molecule has 0 aliphatic carbocycles. The van der Waals surface area contributed by atoms with Gasteiger partial charge in [0.15, 0.2) is 5.82 Å². The predicted octanol–water partition coefficient (Wildman–Crippen LogP) is 2.81. The van der Waals surface area contributed by atoms with Gasteiger partial charge in [-0.2, -0.15) is 0 Å². The summed E-state index contributed by atoms with van der Waals surface area (Å²) < 4.78 is 5.60. The molecule has 8 nitrogen and oxygen atoms in total. The molecule has 0 saturated carbocycles. The molecule has 9 heteroatoms. The summed E-state index contributed by atoms with van der Waals surface area (Å²) in [5.41, 5.74) is 1.74. The van der Waals surface area contributed by atoms with Crippen molar-refractivity contribution >= 4 is 23.5 Å². The van der Waals surface area contributed by atoms with Crippen LogP contribution >= 0.6 is 11.6 Å². The van der Waals surface area contributed by atoms with Gasteiger partial charge in [-0.25, -0.2) is 4.98 Å². The molecular formula is C17H15ClN6O2. The number of fused-ring (bicyclic) bond motifs is 1. The van der Waals surface area contributed by atoms with Gasteiger partial charge in [0.05, 0.1) is 6.61 Å². The molecule has 2 N–H and O–H groups in total. The van der Waals surface area contributed by atoms with Crippen molar-refractivity contribution in [3.63, 3.8) is 0 Å². The Morgan fingerprint density at radius 3 is 3.04 bits per heavy atom. The molecule has 4 heterocycles. The van der Waals surface area contributed by atoms with Gasteiger partial charge >= 0.3 is 0 Å². The van der Waals surface area contributed by atoms with E-state index in [9.17, 15) is 4.79 Å². The highest BCUT2D eigenvalue weighted by atomic mass is 35.5. The number of nitrogens with one attached hydrogen (secondary N) is 2. The lowest BCUT2D eigenvalue weighted by atomic mass is 9.91. The van der Waals surface area contributed by atoms with Crippen LogP contribution in [0.5, 0.6) is 5.75 Å². The maximum absolute atomic E-state index is 12.4. The minimum absolute atomic E-state index is 0.0195. The summed E-state index contributed by atoms with van der Waals surface area (Å²) in [5, 5.41) is 11.1. The van der Waals surface area contributed by atoms with E-state index in [1.54, 1.807) is 24.7 Å². The number of hydrogen-bond donors (Lipinski definition) is 2. The number of hydrogen-bond acceptors (Lipinski definition) is 6. The molecule has 0 bridgehead atoms. The van der Waals surface area contributed by atoms with E-state index in [0.717, 1.165) is 17.5 Å². The molecule has 3 aromatic heterocycles. The molecule has 0 saturated heterocycles. The molecule has 4 rings (SSSR count). The molecule has 1 atom stereocenters. The van der Waals surface area contributed by atoms with Crippen molar-refractivity contribution in [2.75, 3.05) is 11.9 Å². The fourth-order valence-corrected chi connectivity index (χ4v) is 3.05. The Hall–Kier alpha value is -3.00. The highest BCUT2D eigenvalue weighted by molar-refractivity contribution is 6.29. The van der Waals surface area contributed by atoms with Gasteiger partial charge in [-0.3, -0.25) is 15.1 Å². The molecule has 0 radical (unpaired) electrons. The number of pyridine rings is 2. The number of carbonyl (C=O) groups excluding carboxylic acids is 1. The number of rotatable bonds is 4. The molecular weight excluding hydrogens is 356 g/mol. The average Bonchev–Trinajstić information content (AvgIpc) is 3.11. The molecule has 0 spiro atoms. The van der Waals surface area contributed by atoms with Crippen LogP contribution in [0.25, 0.3) is 11.4 Å². The number of ether oxygens (including phenoxy) is 1. The Morgan fingerprint density at radius 1 is 1.35 bits per heavy atom. The Morgan fingerprint density at radius 2 is 2.19 bits per heavy atom. The van der Waals surface area contributed by atoms with Gasteiger partial charge in [0.1, 0.15) is 10.9 Å². The van der Waals surface area contributed by atoms with E-state index in [0.29, 0.717) is 35.7 Å². The molecule has 26 heavy (non-hydrogen) atoms. The SMILES string of the molecule is O=C(CC1CCOc2cc(Cl)ncc21)Nc1nnc(-c2ccncc2)[nH]1. The first-order valence-electron chi connectivity index (χ1n) is 8.10. The second-order valence-electron chi connectivity index (χ2n) is 5.89. The number of halogens is 1. The van der Waals surface area contributed by atoms with Gasteiger partial charge in [0.2, 0.25) is 11.9 Å². The van der Waals surface area contributed by atoms with E-state index in [4.69, 9.17) is 16.3 Å². The lowest BCUT2D eigenvalue weighted by Gasteiger charge is -2.25. The lowest BCUT2D eigenvalue weighted by molar-refractivity contribution is -0.116. The first kappa shape index (κ1) is 16.5. The van der Waals surface area contributed by atoms with Crippen molar-refractivity contribution in [3.05, 3.63) is 47.5 Å². The zero-order valence-corrected chi connectivity index (χ0v) is 14.4. The number of aromatic amines is 1. The van der Waals surface area contributed by atoms with Crippen LogP contribution in [-0.2, 0) is 4.79 Å². The Labute approximate surface area is 154 Å². The van der Waals surface area contributed by atoms with Gasteiger partial charge in [-0.05, 0) is 18.6 Å². The van der Waals surface area contributed by atoms with Crippen LogP contribution in [0, 0.1) is 0 Å². The number of anilines is 1. The number of H-pyrrole nitrogens is 1. The average molecular weight is 371 g/mol. The molecule has 3 aromatic rings. The molecule has 1 amide bonds. The van der Waals surface area contributed by atoms with Crippen molar-refractivity contribution in [2.24, 2.45) is 0 Å². The van der Waals surface area contributed by atoms with Crippen molar-refractivity contribution in [1.29, 1.82) is 0 Å². The first-order valence-corrected chi connectivity index (χ1v) is 8.48. The van der Waals surface area contributed by atoms with Gasteiger partial charge < -0.3 is 9.72 Å². The summed E-state index contributed by atoms with van der Waals surface area (Å²) in [6.45, 7) is 0.541. The summed E-state index contributed by atoms with van der Waals surface area (Å²) in [7, 11) is 0. The topological polar surface area (TPSA) is 106 Å². The largest absolute Gasteiger partial charge is 0.493 e. The highest BCUT2D eigenvalue weighted by Crippen LogP contribution is 2.36. The Bertz CT molecular complexity index is 930. The van der Waals surface area contributed by atoms with Gasteiger partial charge in [-0.1, -0.05) is 11.6 Å². The second kappa shape index (κ2) is 7.09. The van der Waals surface area contributed by atoms with Crippen LogP contribution in [0.2, 0.25) is 5.15 Å². The van der Waals surface area contributed by atoms with Gasteiger partial charge in [0.25, 0.3) is 0 Å². The molecule has 1 unspecified atom stereocenters. The molecule has 0 aromatic carbocycles. The zero-order chi connectivity index (χ0) is 17.9. The van der Waals surface area contributed by atoms with Crippen LogP contribution in [0.3, 0.4) is 0 Å². The normalized spacial score (nSPS) is 15.8. The van der Waals surface area contributed by atoms with E-state index in [1.807, 2.05) is 12.1 Å². The minimum Gasteiger partial charge on any atom is -0.493 e. The molecule has 1 aliphatic rings. The van der Waals surface area contributed by atoms with Crippen LogP contribution in [0.1, 0.15) is 24.3 Å². The maximum atomic E-state index is 12.4. The van der Waals surface area contributed by atoms with Crippen molar-refractivity contribution in [1.82, 2.24) is 25.1 Å². The summed E-state index contributed by atoms with van der Waals surface area (Å²) >= 11 is 5.90. The smallest absolute Gasteiger partial charge is 0.228 e. The first-order chi connectivity index (χ1) is 12.7. The lowest BCUT2D eigenvalue weighted by Crippen LogP contribution is -2.21. The fourth-order valence-electron chi connectivity index (χ4n) is 2.90. The quantitative estimate of drug-likeness (QED) is 0.684. The van der Waals surface area contributed by atoms with Gasteiger partial charge in [-0.15, -0.1) is 10.2 Å². The van der Waals surface area contributed by atoms with E-state index < -0.39 is 0 Å². The minimum atomic E-state index is -0.157. The van der Waals surface area contributed by atoms with Crippen LogP contribution in [-0.4, -0.2) is 37.7 Å². The summed E-state index contributed by atoms with van der Waals surface area (Å²) in [4.78, 5) is 23.4. The standard InChI is InChI=1S/C17H15ClN6O2/c18-14-8-13-12(9-20-14)11(3-6-26-13)7-15(25)21-17-22-16(23-24-17)10-1-4-19-5-2-10/h1-2,4-5,8-9,11H,3,6-7H2,(H2,21,22,23,24,25). The fraction of sp³-hybridized carbons (Fsp3) is 0.235. The second-order valence-corrected chi connectivity index (χ2v) is 6.28. The van der Waals surface area contributed by atoms with E-state index >= 15 is 0 Å². The third kappa shape index (κ3) is 3.50. The number of amides is 1. The summed E-state index contributed by atoms with van der Waals surface area (Å²) in [5.74, 6) is 1.43. The zero-order valence-electron chi connectivity index (χ0n) is 13.6. The third-order valence-electron chi connectivity index (χ3n) is 4.16. The Kier molecular flexibility index (Phi) is 4.49. The van der Waals surface area contributed by atoms with E-state index in [-0.39, 0.29) is 11.8 Å². The summed E-state index contributed by atoms with van der Waals surface area (Å²) in [6.07, 6.45) is 6.04. The number of aromatic nitrogens is 5. The third-order valence-corrected chi connectivity index (χ3v) is 4.36. The number of nitrogens with zero attached hydrogens (tertiary/aromatic N) is 4. The molecule has 1 aliphatic heterocycles. The predicted molar refractivity (Wildman–Crippen MR) is 95.0 cm³/mol. The van der Waals surface area contributed by atoms with Crippen molar-refractivity contribution < 1.29 is 9.53 Å². The monoisotopic (exact) mass is 370 g/mol. The highest BCUT2D eigenvalue weighted by Gasteiger charge is 2.25. The van der Waals surface area contributed by atoms with E-state index in [2.05, 4.69) is 30.5 Å². The molecule has 0 fully saturated rings. The van der Waals surface area contributed by atoms with Crippen LogP contribution < -0.4 is 10.1 Å². The molecule has 132 valence electrons.